The van der Waals surface area contributed by atoms with Crippen LogP contribution < -0.4 is 5.32 Å². The molecule has 2 fully saturated rings. The number of rotatable bonds is 3. The van der Waals surface area contributed by atoms with E-state index < -0.39 is 21.9 Å². The Bertz CT molecular complexity index is 760. The van der Waals surface area contributed by atoms with Crippen molar-refractivity contribution in [3.05, 3.63) is 30.1 Å². The van der Waals surface area contributed by atoms with Crippen LogP contribution in [0.2, 0.25) is 0 Å². The molecule has 7 nitrogen and oxygen atoms in total. The molecular weight excluding hydrogens is 337 g/mol. The predicted molar refractivity (Wildman–Crippen MR) is 82.9 cm³/mol. The lowest BCUT2D eigenvalue weighted by Crippen LogP contribution is -2.54. The molecule has 2 aliphatic rings. The first-order valence-corrected chi connectivity index (χ1v) is 9.16. The van der Waals surface area contributed by atoms with Gasteiger partial charge < -0.3 is 10.2 Å². The van der Waals surface area contributed by atoms with Gasteiger partial charge in [-0.3, -0.25) is 9.59 Å². The maximum Gasteiger partial charge on any atom is 0.245 e. The lowest BCUT2D eigenvalue weighted by atomic mass is 10.2. The summed E-state index contributed by atoms with van der Waals surface area (Å²) < 4.78 is 39.5. The molecule has 24 heavy (non-hydrogen) atoms. The SMILES string of the molecule is O=C1CC[C@@H](C(=O)N2CCN(S(=O)(=O)c3cccc(F)c3)CC2)N1. The van der Waals surface area contributed by atoms with Crippen LogP contribution in [-0.2, 0) is 19.6 Å². The Labute approximate surface area is 139 Å². The summed E-state index contributed by atoms with van der Waals surface area (Å²) in [4.78, 5) is 25.0. The summed E-state index contributed by atoms with van der Waals surface area (Å²) >= 11 is 0. The van der Waals surface area contributed by atoms with Crippen LogP contribution in [0.1, 0.15) is 12.8 Å². The van der Waals surface area contributed by atoms with E-state index in [-0.39, 0.29) is 42.9 Å². The number of sulfonamides is 1. The minimum absolute atomic E-state index is 0.0923. The Balaban J connectivity index is 1.64. The van der Waals surface area contributed by atoms with E-state index >= 15 is 0 Å². The van der Waals surface area contributed by atoms with Crippen LogP contribution in [0.4, 0.5) is 4.39 Å². The van der Waals surface area contributed by atoms with Crippen LogP contribution in [0.15, 0.2) is 29.2 Å². The van der Waals surface area contributed by atoms with Gasteiger partial charge in [-0.25, -0.2) is 12.8 Å². The molecule has 0 radical (unpaired) electrons. The lowest BCUT2D eigenvalue weighted by Gasteiger charge is -2.35. The zero-order valence-electron chi connectivity index (χ0n) is 12.9. The number of piperazine rings is 1. The minimum atomic E-state index is -3.78. The summed E-state index contributed by atoms with van der Waals surface area (Å²) in [6.07, 6.45) is 0.809. The van der Waals surface area contributed by atoms with Gasteiger partial charge in [-0.1, -0.05) is 6.07 Å². The van der Waals surface area contributed by atoms with Gasteiger partial charge in [-0.05, 0) is 24.6 Å². The standard InChI is InChI=1S/C15H18FN3O4S/c16-11-2-1-3-12(10-11)24(22,23)19-8-6-18(7-9-19)15(21)13-4-5-14(20)17-13/h1-3,10,13H,4-9H2,(H,17,20)/t13-/m0/s1. The molecule has 0 spiro atoms. The van der Waals surface area contributed by atoms with Crippen molar-refractivity contribution < 1.29 is 22.4 Å². The molecular formula is C15H18FN3O4S. The lowest BCUT2D eigenvalue weighted by molar-refractivity contribution is -0.135. The minimum Gasteiger partial charge on any atom is -0.344 e. The molecule has 1 N–H and O–H groups in total. The van der Waals surface area contributed by atoms with Crippen molar-refractivity contribution in [2.24, 2.45) is 0 Å². The quantitative estimate of drug-likeness (QED) is 0.823. The van der Waals surface area contributed by atoms with Gasteiger partial charge >= 0.3 is 0 Å². The van der Waals surface area contributed by atoms with Gasteiger partial charge in [0.05, 0.1) is 4.90 Å². The van der Waals surface area contributed by atoms with Crippen LogP contribution >= 0.6 is 0 Å². The number of benzene rings is 1. The molecule has 0 bridgehead atoms. The number of nitrogens with one attached hydrogen (secondary N) is 1. The normalized spacial score (nSPS) is 22.5. The smallest absolute Gasteiger partial charge is 0.245 e. The van der Waals surface area contributed by atoms with Crippen LogP contribution in [0, 0.1) is 5.82 Å². The first-order chi connectivity index (χ1) is 11.4. The molecule has 2 saturated heterocycles. The van der Waals surface area contributed by atoms with E-state index in [1.54, 1.807) is 4.90 Å². The zero-order valence-corrected chi connectivity index (χ0v) is 13.8. The van der Waals surface area contributed by atoms with Gasteiger partial charge in [0.2, 0.25) is 21.8 Å². The summed E-state index contributed by atoms with van der Waals surface area (Å²) in [5.74, 6) is -0.925. The van der Waals surface area contributed by atoms with Gasteiger partial charge in [-0.15, -0.1) is 0 Å². The van der Waals surface area contributed by atoms with Crippen LogP contribution in [0.3, 0.4) is 0 Å². The number of carbonyl (C=O) groups is 2. The van der Waals surface area contributed by atoms with E-state index in [9.17, 15) is 22.4 Å². The van der Waals surface area contributed by atoms with Crippen molar-refractivity contribution in [2.75, 3.05) is 26.2 Å². The van der Waals surface area contributed by atoms with Crippen molar-refractivity contribution in [1.29, 1.82) is 0 Å². The average molecular weight is 355 g/mol. The highest BCUT2D eigenvalue weighted by Gasteiger charge is 2.35. The molecule has 3 rings (SSSR count). The molecule has 0 saturated carbocycles. The van der Waals surface area contributed by atoms with E-state index in [1.165, 1.54) is 22.5 Å². The van der Waals surface area contributed by atoms with Gasteiger partial charge in [0.15, 0.2) is 0 Å². The van der Waals surface area contributed by atoms with E-state index in [2.05, 4.69) is 5.32 Å². The second-order valence-electron chi connectivity index (χ2n) is 5.85. The van der Waals surface area contributed by atoms with Crippen LogP contribution in [0.5, 0.6) is 0 Å². The fraction of sp³-hybridized carbons (Fsp3) is 0.467. The fourth-order valence-corrected chi connectivity index (χ4v) is 4.40. The van der Waals surface area contributed by atoms with Crippen molar-refractivity contribution in [2.45, 2.75) is 23.8 Å². The largest absolute Gasteiger partial charge is 0.344 e. The average Bonchev–Trinajstić information content (AvgIpc) is 3.01. The van der Waals surface area contributed by atoms with E-state index in [0.717, 1.165) is 6.07 Å². The molecule has 2 aliphatic heterocycles. The number of carbonyl (C=O) groups excluding carboxylic acids is 2. The summed E-state index contributed by atoms with van der Waals surface area (Å²) in [6, 6.07) is 4.37. The monoisotopic (exact) mass is 355 g/mol. The molecule has 9 heteroatoms. The highest BCUT2D eigenvalue weighted by molar-refractivity contribution is 7.89. The molecule has 0 aliphatic carbocycles. The number of amides is 2. The first kappa shape index (κ1) is 16.8. The van der Waals surface area contributed by atoms with Gasteiger partial charge in [-0.2, -0.15) is 4.31 Å². The molecule has 1 aromatic carbocycles. The maximum atomic E-state index is 13.3. The van der Waals surface area contributed by atoms with Crippen LogP contribution in [0.25, 0.3) is 0 Å². The molecule has 0 aromatic heterocycles. The highest BCUT2D eigenvalue weighted by atomic mass is 32.2. The van der Waals surface area contributed by atoms with Crippen molar-refractivity contribution in [1.82, 2.24) is 14.5 Å². The van der Waals surface area contributed by atoms with Gasteiger partial charge in [0, 0.05) is 32.6 Å². The zero-order chi connectivity index (χ0) is 17.3. The summed E-state index contributed by atoms with van der Waals surface area (Å²) in [7, 11) is -3.78. The first-order valence-electron chi connectivity index (χ1n) is 7.72. The second kappa shape index (κ2) is 6.48. The summed E-state index contributed by atoms with van der Waals surface area (Å²) in [5.41, 5.74) is 0. The van der Waals surface area contributed by atoms with Crippen molar-refractivity contribution >= 4 is 21.8 Å². The molecule has 2 amide bonds. The second-order valence-corrected chi connectivity index (χ2v) is 7.78. The molecule has 2 heterocycles. The Hall–Kier alpha value is -2.00. The Morgan fingerprint density at radius 1 is 1.21 bits per heavy atom. The number of hydrogen-bond acceptors (Lipinski definition) is 4. The number of halogens is 1. The van der Waals surface area contributed by atoms with Gasteiger partial charge in [0.25, 0.3) is 0 Å². The Morgan fingerprint density at radius 2 is 1.92 bits per heavy atom. The number of hydrogen-bond donors (Lipinski definition) is 1. The third kappa shape index (κ3) is 3.27. The van der Waals surface area contributed by atoms with Crippen LogP contribution in [-0.4, -0.2) is 61.7 Å². The van der Waals surface area contributed by atoms with Crippen molar-refractivity contribution in [3.63, 3.8) is 0 Å². The van der Waals surface area contributed by atoms with E-state index in [0.29, 0.717) is 12.8 Å². The molecule has 0 unspecified atom stereocenters. The predicted octanol–water partition coefficient (Wildman–Crippen LogP) is -0.0628. The van der Waals surface area contributed by atoms with E-state index in [1.807, 2.05) is 0 Å². The molecule has 130 valence electrons. The van der Waals surface area contributed by atoms with Gasteiger partial charge in [0.1, 0.15) is 11.9 Å². The van der Waals surface area contributed by atoms with E-state index in [4.69, 9.17) is 0 Å². The third-order valence-corrected chi connectivity index (χ3v) is 6.17. The topological polar surface area (TPSA) is 86.8 Å². The summed E-state index contributed by atoms with van der Waals surface area (Å²) in [6.45, 7) is 0.788. The summed E-state index contributed by atoms with van der Waals surface area (Å²) in [5, 5.41) is 2.62. The number of nitrogens with zero attached hydrogens (tertiary/aromatic N) is 2. The van der Waals surface area contributed by atoms with Crippen molar-refractivity contribution in [3.8, 4) is 0 Å². The maximum absolute atomic E-state index is 13.3. The fourth-order valence-electron chi connectivity index (χ4n) is 2.95. The Kier molecular flexibility index (Phi) is 4.55. The molecule has 1 aromatic rings. The highest BCUT2D eigenvalue weighted by Crippen LogP contribution is 2.19. The third-order valence-electron chi connectivity index (χ3n) is 4.28. The molecule has 1 atom stereocenters. The Morgan fingerprint density at radius 3 is 2.50 bits per heavy atom.